The van der Waals surface area contributed by atoms with E-state index in [2.05, 4.69) is 20.7 Å². The molecule has 1 heterocycles. The first kappa shape index (κ1) is 19.6. The topological polar surface area (TPSA) is 64.9 Å². The highest BCUT2D eigenvalue weighted by Gasteiger charge is 2.37. The molecule has 6 nitrogen and oxygen atoms in total. The SMILES string of the molecule is COC1(c2ccc(C(F)(F)F)cc2CNc2nnn(C)n2)CCCCCC1. The van der Waals surface area contributed by atoms with Crippen LogP contribution in [-0.2, 0) is 30.1 Å². The van der Waals surface area contributed by atoms with Gasteiger partial charge in [-0.2, -0.15) is 18.0 Å². The molecule has 1 N–H and O–H groups in total. The van der Waals surface area contributed by atoms with E-state index in [-0.39, 0.29) is 12.5 Å². The van der Waals surface area contributed by atoms with E-state index in [9.17, 15) is 13.2 Å². The minimum Gasteiger partial charge on any atom is -0.374 e. The molecule has 1 aliphatic carbocycles. The van der Waals surface area contributed by atoms with Crippen molar-refractivity contribution in [2.24, 2.45) is 7.05 Å². The molecule has 3 rings (SSSR count). The molecule has 148 valence electrons. The van der Waals surface area contributed by atoms with E-state index in [1.165, 1.54) is 10.9 Å². The van der Waals surface area contributed by atoms with Gasteiger partial charge < -0.3 is 10.1 Å². The van der Waals surface area contributed by atoms with E-state index in [1.54, 1.807) is 20.2 Å². The first-order valence-corrected chi connectivity index (χ1v) is 9.08. The lowest BCUT2D eigenvalue weighted by Gasteiger charge is -2.34. The van der Waals surface area contributed by atoms with Crippen LogP contribution in [0.5, 0.6) is 0 Å². The number of hydrogen-bond donors (Lipinski definition) is 1. The third kappa shape index (κ3) is 4.40. The highest BCUT2D eigenvalue weighted by atomic mass is 19.4. The van der Waals surface area contributed by atoms with Gasteiger partial charge in [-0.05, 0) is 41.3 Å². The van der Waals surface area contributed by atoms with Gasteiger partial charge in [0.25, 0.3) is 5.95 Å². The molecule has 1 fully saturated rings. The average molecular weight is 383 g/mol. The lowest BCUT2D eigenvalue weighted by molar-refractivity contribution is -0.137. The van der Waals surface area contributed by atoms with Crippen molar-refractivity contribution in [2.45, 2.75) is 56.8 Å². The quantitative estimate of drug-likeness (QED) is 0.790. The minimum absolute atomic E-state index is 0.163. The van der Waals surface area contributed by atoms with Crippen molar-refractivity contribution in [2.75, 3.05) is 12.4 Å². The summed E-state index contributed by atoms with van der Waals surface area (Å²) >= 11 is 0. The van der Waals surface area contributed by atoms with Crippen molar-refractivity contribution in [1.82, 2.24) is 20.2 Å². The van der Waals surface area contributed by atoms with Crippen LogP contribution in [0.3, 0.4) is 0 Å². The van der Waals surface area contributed by atoms with Crippen LogP contribution < -0.4 is 5.32 Å². The molecule has 0 atom stereocenters. The van der Waals surface area contributed by atoms with Crippen LogP contribution in [0.2, 0.25) is 0 Å². The molecule has 0 radical (unpaired) electrons. The summed E-state index contributed by atoms with van der Waals surface area (Å²) in [4.78, 5) is 1.29. The van der Waals surface area contributed by atoms with Gasteiger partial charge >= 0.3 is 6.18 Å². The zero-order chi connectivity index (χ0) is 19.5. The molecule has 0 amide bonds. The number of anilines is 1. The Morgan fingerprint density at radius 1 is 1.19 bits per heavy atom. The maximum atomic E-state index is 13.3. The Labute approximate surface area is 156 Å². The molecule has 0 aliphatic heterocycles. The number of rotatable bonds is 5. The second kappa shape index (κ2) is 7.84. The molecule has 1 aromatic carbocycles. The fourth-order valence-electron chi connectivity index (χ4n) is 3.77. The van der Waals surface area contributed by atoms with Crippen molar-refractivity contribution in [1.29, 1.82) is 0 Å². The third-order valence-electron chi connectivity index (χ3n) is 5.17. The molecule has 0 bridgehead atoms. The van der Waals surface area contributed by atoms with Crippen LogP contribution in [0.4, 0.5) is 19.1 Å². The maximum absolute atomic E-state index is 13.3. The third-order valence-corrected chi connectivity index (χ3v) is 5.17. The summed E-state index contributed by atoms with van der Waals surface area (Å²) in [5.41, 5.74) is 0.111. The first-order valence-electron chi connectivity index (χ1n) is 9.08. The van der Waals surface area contributed by atoms with Crippen molar-refractivity contribution in [3.05, 3.63) is 34.9 Å². The molecule has 0 unspecified atom stereocenters. The number of aryl methyl sites for hydroxylation is 1. The standard InChI is InChI=1S/C18H24F3N5O/c1-26-24-16(23-25-26)22-12-13-11-14(18(19,20)21)7-8-15(13)17(27-2)9-5-3-4-6-10-17/h7-8,11H,3-6,9-10,12H2,1-2H3,(H,22,24). The van der Waals surface area contributed by atoms with Gasteiger partial charge in [0.2, 0.25) is 0 Å². The number of methoxy groups -OCH3 is 1. The van der Waals surface area contributed by atoms with Gasteiger partial charge in [-0.1, -0.05) is 36.8 Å². The highest BCUT2D eigenvalue weighted by molar-refractivity contribution is 5.40. The molecular formula is C18H24F3N5O. The maximum Gasteiger partial charge on any atom is 0.416 e. The summed E-state index contributed by atoms with van der Waals surface area (Å²) < 4.78 is 45.7. The van der Waals surface area contributed by atoms with Crippen LogP contribution in [0.1, 0.15) is 55.2 Å². The zero-order valence-electron chi connectivity index (χ0n) is 15.5. The molecule has 27 heavy (non-hydrogen) atoms. The smallest absolute Gasteiger partial charge is 0.374 e. The van der Waals surface area contributed by atoms with Crippen LogP contribution in [0.15, 0.2) is 18.2 Å². The van der Waals surface area contributed by atoms with E-state index in [1.807, 2.05) is 0 Å². The van der Waals surface area contributed by atoms with Gasteiger partial charge in [0.15, 0.2) is 0 Å². The number of alkyl halides is 3. The Balaban J connectivity index is 1.97. The number of halogens is 3. The van der Waals surface area contributed by atoms with E-state index < -0.39 is 17.3 Å². The molecular weight excluding hydrogens is 359 g/mol. The predicted octanol–water partition coefficient (Wildman–Crippen LogP) is 4.04. The van der Waals surface area contributed by atoms with Gasteiger partial charge in [0.05, 0.1) is 18.2 Å². The average Bonchev–Trinajstić information content (AvgIpc) is 2.91. The summed E-state index contributed by atoms with van der Waals surface area (Å²) in [5, 5.41) is 14.6. The van der Waals surface area contributed by atoms with Crippen LogP contribution in [0.25, 0.3) is 0 Å². The van der Waals surface area contributed by atoms with E-state index >= 15 is 0 Å². The Hall–Kier alpha value is -2.16. The minimum atomic E-state index is -4.40. The Morgan fingerprint density at radius 2 is 1.89 bits per heavy atom. The van der Waals surface area contributed by atoms with Gasteiger partial charge in [0, 0.05) is 13.7 Å². The summed E-state index contributed by atoms with van der Waals surface area (Å²) in [6, 6.07) is 3.91. The largest absolute Gasteiger partial charge is 0.416 e. The van der Waals surface area contributed by atoms with Gasteiger partial charge in [-0.3, -0.25) is 0 Å². The van der Waals surface area contributed by atoms with E-state index in [0.29, 0.717) is 5.56 Å². The Bertz CT molecular complexity index is 767. The second-order valence-electron chi connectivity index (χ2n) is 6.94. The van der Waals surface area contributed by atoms with Crippen LogP contribution in [0, 0.1) is 0 Å². The Morgan fingerprint density at radius 3 is 2.44 bits per heavy atom. The van der Waals surface area contributed by atoms with Gasteiger partial charge in [-0.15, -0.1) is 5.10 Å². The van der Waals surface area contributed by atoms with Crippen molar-refractivity contribution in [3.63, 3.8) is 0 Å². The fourth-order valence-corrected chi connectivity index (χ4v) is 3.77. The van der Waals surface area contributed by atoms with Crippen molar-refractivity contribution in [3.8, 4) is 0 Å². The number of hydrogen-bond acceptors (Lipinski definition) is 5. The normalized spacial score (nSPS) is 17.5. The molecule has 0 spiro atoms. The summed E-state index contributed by atoms with van der Waals surface area (Å²) in [6.07, 6.45) is 1.41. The lowest BCUT2D eigenvalue weighted by atomic mass is 9.82. The molecule has 2 aromatic rings. The predicted molar refractivity (Wildman–Crippen MR) is 94.0 cm³/mol. The van der Waals surface area contributed by atoms with Gasteiger partial charge in [0.1, 0.15) is 0 Å². The van der Waals surface area contributed by atoms with Crippen LogP contribution in [-0.4, -0.2) is 27.3 Å². The number of tetrazole rings is 1. The zero-order valence-corrected chi connectivity index (χ0v) is 15.5. The van der Waals surface area contributed by atoms with Crippen molar-refractivity contribution < 1.29 is 17.9 Å². The lowest BCUT2D eigenvalue weighted by Crippen LogP contribution is -2.30. The summed E-state index contributed by atoms with van der Waals surface area (Å²) in [7, 11) is 3.27. The second-order valence-corrected chi connectivity index (χ2v) is 6.94. The van der Waals surface area contributed by atoms with E-state index in [4.69, 9.17) is 4.74 Å². The van der Waals surface area contributed by atoms with Gasteiger partial charge in [-0.25, -0.2) is 0 Å². The number of aromatic nitrogens is 4. The monoisotopic (exact) mass is 383 g/mol. The molecule has 1 aliphatic rings. The number of nitrogens with one attached hydrogen (secondary N) is 1. The molecule has 0 saturated heterocycles. The first-order chi connectivity index (χ1) is 12.8. The van der Waals surface area contributed by atoms with Crippen molar-refractivity contribution >= 4 is 5.95 Å². The number of nitrogens with zero attached hydrogens (tertiary/aromatic N) is 4. The fraction of sp³-hybridized carbons (Fsp3) is 0.611. The molecule has 1 aromatic heterocycles. The van der Waals surface area contributed by atoms with E-state index in [0.717, 1.165) is 50.2 Å². The Kier molecular flexibility index (Phi) is 5.69. The summed E-state index contributed by atoms with van der Waals surface area (Å²) in [5.74, 6) is 0.271. The number of ether oxygens (including phenoxy) is 1. The molecule has 1 saturated carbocycles. The van der Waals surface area contributed by atoms with Crippen LogP contribution >= 0.6 is 0 Å². The summed E-state index contributed by atoms with van der Waals surface area (Å²) in [6.45, 7) is 0.163. The number of benzene rings is 1. The highest BCUT2D eigenvalue weighted by Crippen LogP contribution is 2.42. The molecule has 9 heteroatoms.